The molecule has 7 heteroatoms. The molecular weight excluding hydrogens is 435 g/mol. The zero-order valence-corrected chi connectivity index (χ0v) is 15.8. The van der Waals surface area contributed by atoms with Crippen molar-refractivity contribution in [3.63, 3.8) is 0 Å². The van der Waals surface area contributed by atoms with Gasteiger partial charge in [0.2, 0.25) is 0 Å². The van der Waals surface area contributed by atoms with Gasteiger partial charge in [-0.3, -0.25) is 5.43 Å². The van der Waals surface area contributed by atoms with E-state index in [0.29, 0.717) is 16.5 Å². The van der Waals surface area contributed by atoms with Crippen LogP contribution >= 0.6 is 43.5 Å². The van der Waals surface area contributed by atoms with Gasteiger partial charge in [-0.25, -0.2) is 0 Å². The zero-order valence-electron chi connectivity index (χ0n) is 11.9. The molecule has 2 rings (SSSR count). The lowest BCUT2D eigenvalue weighted by Crippen LogP contribution is -1.98. The Bertz CT molecular complexity index is 691. The van der Waals surface area contributed by atoms with E-state index >= 15 is 0 Å². The van der Waals surface area contributed by atoms with Crippen molar-refractivity contribution in [1.82, 2.24) is 0 Å². The lowest BCUT2D eigenvalue weighted by atomic mass is 10.2. The second-order valence-corrected chi connectivity index (χ2v) is 6.29. The van der Waals surface area contributed by atoms with Gasteiger partial charge in [0.1, 0.15) is 10.2 Å². The number of ether oxygens (including phenoxy) is 2. The number of nitrogens with one attached hydrogen (secondary N) is 1. The Hall–Kier alpha value is -1.24. The van der Waals surface area contributed by atoms with E-state index < -0.39 is 0 Å². The third kappa shape index (κ3) is 3.94. The predicted molar refractivity (Wildman–Crippen MR) is 97.6 cm³/mol. The summed E-state index contributed by atoms with van der Waals surface area (Å²) in [6.07, 6.45) is 1.67. The summed E-state index contributed by atoms with van der Waals surface area (Å²) in [7, 11) is 3.19. The van der Waals surface area contributed by atoms with Crippen LogP contribution in [0.15, 0.2) is 44.4 Å². The molecule has 0 amide bonds. The first-order valence-corrected chi connectivity index (χ1v) is 8.17. The molecule has 116 valence electrons. The zero-order chi connectivity index (χ0) is 16.1. The first-order valence-electron chi connectivity index (χ1n) is 6.21. The molecule has 0 saturated heterocycles. The van der Waals surface area contributed by atoms with Crippen LogP contribution in [0.25, 0.3) is 0 Å². The van der Waals surface area contributed by atoms with Crippen LogP contribution in [0.2, 0.25) is 5.02 Å². The Morgan fingerprint density at radius 3 is 2.32 bits per heavy atom. The van der Waals surface area contributed by atoms with Crippen molar-refractivity contribution in [2.45, 2.75) is 0 Å². The van der Waals surface area contributed by atoms with E-state index in [-0.39, 0.29) is 0 Å². The van der Waals surface area contributed by atoms with Crippen LogP contribution < -0.4 is 14.9 Å². The van der Waals surface area contributed by atoms with Crippen LogP contribution in [0, 0.1) is 0 Å². The lowest BCUT2D eigenvalue weighted by Gasteiger charge is -2.13. The Balaban J connectivity index is 2.25. The van der Waals surface area contributed by atoms with E-state index in [1.807, 2.05) is 18.2 Å². The first-order chi connectivity index (χ1) is 10.6. The highest BCUT2D eigenvalue weighted by Gasteiger charge is 2.15. The average molecular weight is 449 g/mol. The summed E-state index contributed by atoms with van der Waals surface area (Å²) in [5.74, 6) is 1.31. The summed E-state index contributed by atoms with van der Waals surface area (Å²) in [4.78, 5) is 0. The molecule has 0 atom stereocenters. The number of methoxy groups -OCH3 is 2. The number of hydrogen-bond acceptors (Lipinski definition) is 4. The topological polar surface area (TPSA) is 42.8 Å². The molecule has 22 heavy (non-hydrogen) atoms. The minimum absolute atomic E-state index is 0.640. The molecule has 2 aromatic carbocycles. The predicted octanol–water partition coefficient (Wildman–Crippen LogP) is 5.33. The molecule has 0 aliphatic heterocycles. The van der Waals surface area contributed by atoms with Crippen LogP contribution in [-0.4, -0.2) is 20.4 Å². The fraction of sp³-hybridized carbons (Fsp3) is 0.133. The summed E-state index contributed by atoms with van der Waals surface area (Å²) >= 11 is 12.8. The summed E-state index contributed by atoms with van der Waals surface area (Å²) < 4.78 is 12.2. The van der Waals surface area contributed by atoms with E-state index in [9.17, 15) is 0 Å². The smallest absolute Gasteiger partial charge is 0.151 e. The highest BCUT2D eigenvalue weighted by atomic mass is 79.9. The number of hydrogen-bond donors (Lipinski definition) is 1. The minimum Gasteiger partial charge on any atom is -0.495 e. The van der Waals surface area contributed by atoms with Crippen LogP contribution in [0.5, 0.6) is 11.5 Å². The monoisotopic (exact) mass is 446 g/mol. The van der Waals surface area contributed by atoms with Gasteiger partial charge in [0.15, 0.2) is 5.75 Å². The SMILES string of the molecule is COc1c(Br)cc(/C=N/Nc2ccc(Cl)cc2)c(OC)c1Br. The van der Waals surface area contributed by atoms with Gasteiger partial charge < -0.3 is 9.47 Å². The van der Waals surface area contributed by atoms with Crippen molar-refractivity contribution in [1.29, 1.82) is 0 Å². The third-order valence-corrected chi connectivity index (χ3v) is 4.37. The third-order valence-electron chi connectivity index (χ3n) is 2.81. The molecule has 4 nitrogen and oxygen atoms in total. The van der Waals surface area contributed by atoms with Gasteiger partial charge in [-0.05, 0) is 62.2 Å². The summed E-state index contributed by atoms with van der Waals surface area (Å²) in [5, 5.41) is 4.89. The molecule has 0 aromatic heterocycles. The van der Waals surface area contributed by atoms with Gasteiger partial charge in [0.25, 0.3) is 0 Å². The molecule has 0 aliphatic carbocycles. The van der Waals surface area contributed by atoms with Crippen molar-refractivity contribution in [2.24, 2.45) is 5.10 Å². The van der Waals surface area contributed by atoms with E-state index in [2.05, 4.69) is 42.4 Å². The molecule has 0 bridgehead atoms. The molecule has 0 heterocycles. The normalized spacial score (nSPS) is 10.8. The van der Waals surface area contributed by atoms with E-state index in [4.69, 9.17) is 21.1 Å². The van der Waals surface area contributed by atoms with Crippen molar-refractivity contribution in [2.75, 3.05) is 19.6 Å². The van der Waals surface area contributed by atoms with E-state index in [1.54, 1.807) is 32.6 Å². The molecule has 0 saturated carbocycles. The quantitative estimate of drug-likeness (QED) is 0.497. The number of anilines is 1. The van der Waals surface area contributed by atoms with Gasteiger partial charge in [-0.2, -0.15) is 5.10 Å². The second kappa shape index (κ2) is 7.85. The Morgan fingerprint density at radius 1 is 1.09 bits per heavy atom. The van der Waals surface area contributed by atoms with Crippen LogP contribution in [-0.2, 0) is 0 Å². The molecule has 0 fully saturated rings. The molecule has 0 radical (unpaired) electrons. The summed E-state index contributed by atoms with van der Waals surface area (Å²) in [6, 6.07) is 9.14. The van der Waals surface area contributed by atoms with Crippen LogP contribution in [0.4, 0.5) is 5.69 Å². The maximum atomic E-state index is 5.84. The van der Waals surface area contributed by atoms with Gasteiger partial charge in [-0.15, -0.1) is 0 Å². The summed E-state index contributed by atoms with van der Waals surface area (Å²) in [5.41, 5.74) is 4.57. The highest BCUT2D eigenvalue weighted by molar-refractivity contribution is 9.11. The second-order valence-electron chi connectivity index (χ2n) is 4.20. The standard InChI is InChI=1S/C15H13Br2ClN2O2/c1-21-14-9(7-12(16)15(22-2)13(14)17)8-19-20-11-5-3-10(18)4-6-11/h3-8,20H,1-2H3/b19-8+. The minimum atomic E-state index is 0.640. The molecule has 2 aromatic rings. The van der Waals surface area contributed by atoms with Crippen LogP contribution in [0.1, 0.15) is 5.56 Å². The number of hydrazone groups is 1. The molecular formula is C15H13Br2ClN2O2. The maximum absolute atomic E-state index is 5.84. The number of nitrogens with zero attached hydrogens (tertiary/aromatic N) is 1. The Kier molecular flexibility index (Phi) is 6.11. The molecule has 0 aliphatic rings. The van der Waals surface area contributed by atoms with Gasteiger partial charge in [0, 0.05) is 10.6 Å². The number of rotatable bonds is 5. The van der Waals surface area contributed by atoms with Crippen LogP contribution in [0.3, 0.4) is 0 Å². The fourth-order valence-corrected chi connectivity index (χ4v) is 3.56. The van der Waals surface area contributed by atoms with E-state index in [1.165, 1.54) is 0 Å². The number of benzene rings is 2. The average Bonchev–Trinajstić information content (AvgIpc) is 2.50. The maximum Gasteiger partial charge on any atom is 0.151 e. The molecule has 0 unspecified atom stereocenters. The molecule has 1 N–H and O–H groups in total. The number of halogens is 3. The molecule has 0 spiro atoms. The van der Waals surface area contributed by atoms with Crippen molar-refractivity contribution in [3.05, 3.63) is 49.9 Å². The highest BCUT2D eigenvalue weighted by Crippen LogP contribution is 2.42. The Labute approximate surface area is 150 Å². The summed E-state index contributed by atoms with van der Waals surface area (Å²) in [6.45, 7) is 0. The first kappa shape index (κ1) is 17.1. The van der Waals surface area contributed by atoms with Crippen molar-refractivity contribution in [3.8, 4) is 11.5 Å². The fourth-order valence-electron chi connectivity index (χ4n) is 1.79. The lowest BCUT2D eigenvalue weighted by molar-refractivity contribution is 0.387. The largest absolute Gasteiger partial charge is 0.495 e. The van der Waals surface area contributed by atoms with E-state index in [0.717, 1.165) is 20.2 Å². The Morgan fingerprint density at radius 2 is 1.73 bits per heavy atom. The van der Waals surface area contributed by atoms with Gasteiger partial charge >= 0.3 is 0 Å². The van der Waals surface area contributed by atoms with Crippen molar-refractivity contribution < 1.29 is 9.47 Å². The van der Waals surface area contributed by atoms with Gasteiger partial charge in [-0.1, -0.05) is 11.6 Å². The van der Waals surface area contributed by atoms with Crippen molar-refractivity contribution >= 4 is 55.4 Å². The van der Waals surface area contributed by atoms with Gasteiger partial charge in [0.05, 0.1) is 30.6 Å².